The SMILES string of the molecule is O=C(CSc1ccc([N+](=O)[O-])cc1)c1ccc(F)c(F)c1. The Balaban J connectivity index is 2.00. The summed E-state index contributed by atoms with van der Waals surface area (Å²) >= 11 is 1.17. The largest absolute Gasteiger partial charge is 0.293 e. The lowest BCUT2D eigenvalue weighted by Gasteiger charge is -2.02. The van der Waals surface area contributed by atoms with E-state index in [0.29, 0.717) is 4.90 Å². The fourth-order valence-corrected chi connectivity index (χ4v) is 2.36. The van der Waals surface area contributed by atoms with Crippen molar-refractivity contribution in [2.45, 2.75) is 4.90 Å². The van der Waals surface area contributed by atoms with Gasteiger partial charge in [0.25, 0.3) is 5.69 Å². The zero-order valence-corrected chi connectivity index (χ0v) is 11.4. The van der Waals surface area contributed by atoms with E-state index < -0.39 is 16.6 Å². The number of benzene rings is 2. The molecule has 108 valence electrons. The first-order valence-corrected chi connectivity index (χ1v) is 6.81. The molecule has 2 rings (SSSR count). The van der Waals surface area contributed by atoms with Crippen LogP contribution in [0.15, 0.2) is 47.4 Å². The predicted octanol–water partition coefficient (Wildman–Crippen LogP) is 3.85. The lowest BCUT2D eigenvalue weighted by atomic mass is 10.1. The van der Waals surface area contributed by atoms with Crippen LogP contribution in [0.25, 0.3) is 0 Å². The number of thioether (sulfide) groups is 1. The summed E-state index contributed by atoms with van der Waals surface area (Å²) in [6.07, 6.45) is 0. The minimum atomic E-state index is -1.07. The smallest absolute Gasteiger partial charge is 0.269 e. The summed E-state index contributed by atoms with van der Waals surface area (Å²) in [5, 5.41) is 10.5. The van der Waals surface area contributed by atoms with Crippen LogP contribution in [0.1, 0.15) is 10.4 Å². The molecule has 0 fully saturated rings. The number of nitro benzene ring substituents is 1. The first-order chi connectivity index (χ1) is 9.97. The summed E-state index contributed by atoms with van der Waals surface area (Å²) in [6.45, 7) is 0. The minimum Gasteiger partial charge on any atom is -0.293 e. The molecule has 2 aromatic carbocycles. The van der Waals surface area contributed by atoms with Gasteiger partial charge in [0.05, 0.1) is 10.7 Å². The third-order valence-electron chi connectivity index (χ3n) is 2.66. The van der Waals surface area contributed by atoms with Crippen LogP contribution >= 0.6 is 11.8 Å². The lowest BCUT2D eigenvalue weighted by molar-refractivity contribution is -0.384. The van der Waals surface area contributed by atoms with Gasteiger partial charge in [-0.15, -0.1) is 11.8 Å². The molecule has 0 saturated carbocycles. The maximum Gasteiger partial charge on any atom is 0.269 e. The lowest BCUT2D eigenvalue weighted by Crippen LogP contribution is -2.03. The van der Waals surface area contributed by atoms with Gasteiger partial charge in [-0.05, 0) is 30.3 Å². The molecular formula is C14H9F2NO3S. The Kier molecular flexibility index (Phi) is 4.64. The van der Waals surface area contributed by atoms with Gasteiger partial charge in [0, 0.05) is 22.6 Å². The monoisotopic (exact) mass is 309 g/mol. The normalized spacial score (nSPS) is 10.4. The van der Waals surface area contributed by atoms with Gasteiger partial charge in [0.2, 0.25) is 0 Å². The molecule has 0 aromatic heterocycles. The van der Waals surface area contributed by atoms with Crippen LogP contribution in [0.3, 0.4) is 0 Å². The second-order valence-electron chi connectivity index (χ2n) is 4.09. The van der Waals surface area contributed by atoms with Gasteiger partial charge in [-0.25, -0.2) is 8.78 Å². The zero-order valence-electron chi connectivity index (χ0n) is 10.6. The van der Waals surface area contributed by atoms with Crippen molar-refractivity contribution >= 4 is 23.2 Å². The number of nitrogens with zero attached hydrogens (tertiary/aromatic N) is 1. The number of carbonyl (C=O) groups is 1. The number of rotatable bonds is 5. The summed E-state index contributed by atoms with van der Waals surface area (Å²) in [5.41, 5.74) is 0.0505. The maximum absolute atomic E-state index is 13.0. The molecular weight excluding hydrogens is 300 g/mol. The fraction of sp³-hybridized carbons (Fsp3) is 0.0714. The van der Waals surface area contributed by atoms with E-state index in [-0.39, 0.29) is 22.8 Å². The maximum atomic E-state index is 13.0. The van der Waals surface area contributed by atoms with E-state index in [1.54, 1.807) is 0 Å². The van der Waals surface area contributed by atoms with E-state index in [1.807, 2.05) is 0 Å². The highest BCUT2D eigenvalue weighted by atomic mass is 32.2. The molecule has 0 aliphatic carbocycles. The van der Waals surface area contributed by atoms with Gasteiger partial charge in [0.15, 0.2) is 17.4 Å². The molecule has 0 N–H and O–H groups in total. The third-order valence-corrected chi connectivity index (χ3v) is 3.67. The first kappa shape index (κ1) is 15.1. The summed E-state index contributed by atoms with van der Waals surface area (Å²) in [7, 11) is 0. The van der Waals surface area contributed by atoms with Crippen LogP contribution in [-0.4, -0.2) is 16.5 Å². The fourth-order valence-electron chi connectivity index (χ4n) is 1.57. The van der Waals surface area contributed by atoms with Gasteiger partial charge in [0.1, 0.15) is 0 Å². The molecule has 0 aliphatic heterocycles. The van der Waals surface area contributed by atoms with Gasteiger partial charge >= 0.3 is 0 Å². The van der Waals surface area contributed by atoms with Gasteiger partial charge in [-0.1, -0.05) is 0 Å². The topological polar surface area (TPSA) is 60.2 Å². The second kappa shape index (κ2) is 6.45. The van der Waals surface area contributed by atoms with Crippen molar-refractivity contribution in [3.63, 3.8) is 0 Å². The molecule has 0 aliphatic rings. The third kappa shape index (κ3) is 3.85. The predicted molar refractivity (Wildman–Crippen MR) is 74.5 cm³/mol. The molecule has 0 unspecified atom stereocenters. The first-order valence-electron chi connectivity index (χ1n) is 5.83. The van der Waals surface area contributed by atoms with E-state index in [9.17, 15) is 23.7 Å². The van der Waals surface area contributed by atoms with E-state index in [1.165, 1.54) is 42.1 Å². The molecule has 0 saturated heterocycles. The number of nitro groups is 1. The van der Waals surface area contributed by atoms with Crippen molar-refractivity contribution < 1.29 is 18.5 Å². The van der Waals surface area contributed by atoms with Crippen LogP contribution in [0.2, 0.25) is 0 Å². The van der Waals surface area contributed by atoms with Crippen LogP contribution in [0, 0.1) is 21.7 Å². The summed E-state index contributed by atoms with van der Waals surface area (Å²) in [6, 6.07) is 8.71. The van der Waals surface area contributed by atoms with Gasteiger partial charge in [-0.3, -0.25) is 14.9 Å². The van der Waals surface area contributed by atoms with Gasteiger partial charge < -0.3 is 0 Å². The van der Waals surface area contributed by atoms with E-state index in [4.69, 9.17) is 0 Å². The van der Waals surface area contributed by atoms with Crippen molar-refractivity contribution in [2.24, 2.45) is 0 Å². The number of ketones is 1. The summed E-state index contributed by atoms with van der Waals surface area (Å²) in [5.74, 6) is -2.39. The Morgan fingerprint density at radius 1 is 1.10 bits per heavy atom. The van der Waals surface area contributed by atoms with Crippen LogP contribution in [0.4, 0.5) is 14.5 Å². The quantitative estimate of drug-likeness (QED) is 0.364. The number of hydrogen-bond acceptors (Lipinski definition) is 4. The van der Waals surface area contributed by atoms with Crippen molar-refractivity contribution in [3.8, 4) is 0 Å². The van der Waals surface area contributed by atoms with E-state index >= 15 is 0 Å². The average Bonchev–Trinajstić information content (AvgIpc) is 2.48. The Hall–Kier alpha value is -2.28. The summed E-state index contributed by atoms with van der Waals surface area (Å²) < 4.78 is 25.8. The van der Waals surface area contributed by atoms with E-state index in [2.05, 4.69) is 0 Å². The van der Waals surface area contributed by atoms with Gasteiger partial charge in [-0.2, -0.15) is 0 Å². The Morgan fingerprint density at radius 3 is 2.33 bits per heavy atom. The minimum absolute atomic E-state index is 0.0306. The molecule has 0 bridgehead atoms. The van der Waals surface area contributed by atoms with Crippen molar-refractivity contribution in [1.29, 1.82) is 0 Å². The highest BCUT2D eigenvalue weighted by molar-refractivity contribution is 8.00. The zero-order chi connectivity index (χ0) is 15.4. The van der Waals surface area contributed by atoms with E-state index in [0.717, 1.165) is 12.1 Å². The molecule has 4 nitrogen and oxygen atoms in total. The number of hydrogen-bond donors (Lipinski definition) is 0. The summed E-state index contributed by atoms with van der Waals surface area (Å²) in [4.78, 5) is 22.5. The standard InChI is InChI=1S/C14H9F2NO3S/c15-12-6-1-9(7-13(12)16)14(18)8-21-11-4-2-10(3-5-11)17(19)20/h1-7H,8H2. The Bertz CT molecular complexity index is 689. The van der Waals surface area contributed by atoms with Crippen molar-refractivity contribution in [3.05, 3.63) is 69.8 Å². The molecule has 7 heteroatoms. The molecule has 0 atom stereocenters. The van der Waals surface area contributed by atoms with Crippen molar-refractivity contribution in [1.82, 2.24) is 0 Å². The van der Waals surface area contributed by atoms with Crippen LogP contribution in [-0.2, 0) is 0 Å². The second-order valence-corrected chi connectivity index (χ2v) is 5.14. The molecule has 21 heavy (non-hydrogen) atoms. The number of non-ortho nitro benzene ring substituents is 1. The molecule has 2 aromatic rings. The molecule has 0 radical (unpaired) electrons. The Morgan fingerprint density at radius 2 is 1.76 bits per heavy atom. The number of halogens is 2. The van der Waals surface area contributed by atoms with Crippen LogP contribution < -0.4 is 0 Å². The number of carbonyl (C=O) groups excluding carboxylic acids is 1. The number of Topliss-reactive ketones (excluding diaryl/α,β-unsaturated/α-hetero) is 1. The Labute approximate surface area is 122 Å². The average molecular weight is 309 g/mol. The molecule has 0 spiro atoms. The molecule has 0 heterocycles. The van der Waals surface area contributed by atoms with Crippen molar-refractivity contribution in [2.75, 3.05) is 5.75 Å². The molecule has 0 amide bonds. The highest BCUT2D eigenvalue weighted by Crippen LogP contribution is 2.22. The highest BCUT2D eigenvalue weighted by Gasteiger charge is 2.11. The van der Waals surface area contributed by atoms with Crippen LogP contribution in [0.5, 0.6) is 0 Å².